The van der Waals surface area contributed by atoms with Crippen LogP contribution in [0.1, 0.15) is 29.8 Å². The lowest BCUT2D eigenvalue weighted by Gasteiger charge is -2.15. The molecule has 0 spiro atoms. The highest BCUT2D eigenvalue weighted by molar-refractivity contribution is 5.55. The Kier molecular flexibility index (Phi) is 3.97. The maximum Gasteiger partial charge on any atom is 0.0709 e. The minimum atomic E-state index is 0.213. The van der Waals surface area contributed by atoms with E-state index in [1.54, 1.807) is 0 Å². The Morgan fingerprint density at radius 2 is 2.10 bits per heavy atom. The number of likely N-dealkylation sites (N-methyl/N-ethyl adjacent to an activating group) is 1. The number of rotatable bonds is 5. The van der Waals surface area contributed by atoms with E-state index < -0.39 is 0 Å². The molecule has 21 heavy (non-hydrogen) atoms. The molecule has 0 saturated heterocycles. The SMILES string of the molecule is CCc1ccc(CC(NC)c2cnn3ccccc23)nc1. The van der Waals surface area contributed by atoms with Crippen LogP contribution in [-0.4, -0.2) is 21.6 Å². The van der Waals surface area contributed by atoms with Crippen LogP contribution in [0.4, 0.5) is 0 Å². The van der Waals surface area contributed by atoms with Gasteiger partial charge in [-0.1, -0.05) is 19.1 Å². The summed E-state index contributed by atoms with van der Waals surface area (Å²) in [6.45, 7) is 2.14. The van der Waals surface area contributed by atoms with Crippen molar-refractivity contribution < 1.29 is 0 Å². The van der Waals surface area contributed by atoms with E-state index in [1.165, 1.54) is 11.1 Å². The Morgan fingerprint density at radius 3 is 2.81 bits per heavy atom. The van der Waals surface area contributed by atoms with Crippen LogP contribution in [0.2, 0.25) is 0 Å². The molecule has 4 nitrogen and oxygen atoms in total. The van der Waals surface area contributed by atoms with Gasteiger partial charge in [0, 0.05) is 36.1 Å². The van der Waals surface area contributed by atoms with Gasteiger partial charge in [0.2, 0.25) is 0 Å². The van der Waals surface area contributed by atoms with Gasteiger partial charge in [-0.2, -0.15) is 5.10 Å². The fraction of sp³-hybridized carbons (Fsp3) is 0.294. The number of hydrogen-bond donors (Lipinski definition) is 1. The highest BCUT2D eigenvalue weighted by atomic mass is 15.2. The molecule has 0 aliphatic heterocycles. The van der Waals surface area contributed by atoms with Gasteiger partial charge in [-0.25, -0.2) is 4.52 Å². The zero-order chi connectivity index (χ0) is 14.7. The molecule has 0 aromatic carbocycles. The van der Waals surface area contributed by atoms with Crippen molar-refractivity contribution in [2.24, 2.45) is 0 Å². The van der Waals surface area contributed by atoms with Gasteiger partial charge in [-0.05, 0) is 37.2 Å². The second-order valence-corrected chi connectivity index (χ2v) is 5.19. The van der Waals surface area contributed by atoms with Crippen LogP contribution in [0.3, 0.4) is 0 Å². The Balaban J connectivity index is 1.87. The average molecular weight is 280 g/mol. The molecule has 0 aliphatic rings. The average Bonchev–Trinajstić information content (AvgIpc) is 2.97. The first-order valence-electron chi connectivity index (χ1n) is 7.35. The van der Waals surface area contributed by atoms with E-state index in [2.05, 4.69) is 40.5 Å². The first kappa shape index (κ1) is 13.8. The normalized spacial score (nSPS) is 12.7. The van der Waals surface area contributed by atoms with Gasteiger partial charge >= 0.3 is 0 Å². The lowest BCUT2D eigenvalue weighted by atomic mass is 10.0. The lowest BCUT2D eigenvalue weighted by Crippen LogP contribution is -2.19. The molecule has 1 atom stereocenters. The summed E-state index contributed by atoms with van der Waals surface area (Å²) in [5.74, 6) is 0. The summed E-state index contributed by atoms with van der Waals surface area (Å²) < 4.78 is 1.91. The van der Waals surface area contributed by atoms with Gasteiger partial charge in [-0.15, -0.1) is 0 Å². The molecule has 3 aromatic rings. The van der Waals surface area contributed by atoms with E-state index in [9.17, 15) is 0 Å². The van der Waals surface area contributed by atoms with Crippen LogP contribution in [0.15, 0.2) is 48.9 Å². The molecule has 1 unspecified atom stereocenters. The third-order valence-electron chi connectivity index (χ3n) is 3.89. The number of nitrogens with zero attached hydrogens (tertiary/aromatic N) is 3. The highest BCUT2D eigenvalue weighted by Gasteiger charge is 2.15. The maximum absolute atomic E-state index is 4.56. The van der Waals surface area contributed by atoms with Gasteiger partial charge in [0.25, 0.3) is 0 Å². The van der Waals surface area contributed by atoms with Gasteiger partial charge in [-0.3, -0.25) is 4.98 Å². The summed E-state index contributed by atoms with van der Waals surface area (Å²) in [5.41, 5.74) is 4.72. The zero-order valence-electron chi connectivity index (χ0n) is 12.5. The molecular formula is C17H20N4. The van der Waals surface area contributed by atoms with Gasteiger partial charge in [0.05, 0.1) is 11.7 Å². The number of hydrogen-bond acceptors (Lipinski definition) is 3. The summed E-state index contributed by atoms with van der Waals surface area (Å²) in [7, 11) is 1.98. The van der Waals surface area contributed by atoms with Crippen molar-refractivity contribution >= 4 is 5.52 Å². The highest BCUT2D eigenvalue weighted by Crippen LogP contribution is 2.22. The number of aromatic nitrogens is 3. The molecule has 3 aromatic heterocycles. The summed E-state index contributed by atoms with van der Waals surface area (Å²) in [6, 6.07) is 10.6. The summed E-state index contributed by atoms with van der Waals surface area (Å²) in [4.78, 5) is 4.56. The molecule has 1 N–H and O–H groups in total. The van der Waals surface area contributed by atoms with Crippen molar-refractivity contribution in [3.05, 3.63) is 65.7 Å². The van der Waals surface area contributed by atoms with Crippen molar-refractivity contribution in [3.63, 3.8) is 0 Å². The molecule has 0 bridgehead atoms. The van der Waals surface area contributed by atoms with Crippen molar-refractivity contribution in [2.75, 3.05) is 7.05 Å². The first-order chi connectivity index (χ1) is 10.3. The molecule has 3 heterocycles. The molecule has 4 heteroatoms. The summed E-state index contributed by atoms with van der Waals surface area (Å²) >= 11 is 0. The fourth-order valence-corrected chi connectivity index (χ4v) is 2.58. The lowest BCUT2D eigenvalue weighted by molar-refractivity contribution is 0.588. The first-order valence-corrected chi connectivity index (χ1v) is 7.35. The Hall–Kier alpha value is -2.20. The standard InChI is InChI=1S/C17H20N4/c1-3-13-7-8-14(19-11-13)10-16(18-2)15-12-20-21-9-5-4-6-17(15)21/h4-9,11-12,16,18H,3,10H2,1-2H3. The predicted octanol–water partition coefficient (Wildman–Crippen LogP) is 2.79. The second kappa shape index (κ2) is 6.06. The molecule has 0 radical (unpaired) electrons. The Bertz CT molecular complexity index is 715. The van der Waals surface area contributed by atoms with Crippen LogP contribution in [0.5, 0.6) is 0 Å². The summed E-state index contributed by atoms with van der Waals surface area (Å²) in [6.07, 6.45) is 7.77. The van der Waals surface area contributed by atoms with Crippen molar-refractivity contribution in [1.29, 1.82) is 0 Å². The van der Waals surface area contributed by atoms with Crippen molar-refractivity contribution in [1.82, 2.24) is 19.9 Å². The molecule has 0 saturated carbocycles. The monoisotopic (exact) mass is 280 g/mol. The van der Waals surface area contributed by atoms with E-state index in [0.29, 0.717) is 0 Å². The third-order valence-corrected chi connectivity index (χ3v) is 3.89. The van der Waals surface area contributed by atoms with Gasteiger partial charge in [0.1, 0.15) is 0 Å². The topological polar surface area (TPSA) is 42.2 Å². The van der Waals surface area contributed by atoms with Crippen molar-refractivity contribution in [3.8, 4) is 0 Å². The molecule has 108 valence electrons. The van der Waals surface area contributed by atoms with Crippen LogP contribution >= 0.6 is 0 Å². The van der Waals surface area contributed by atoms with Crippen molar-refractivity contribution in [2.45, 2.75) is 25.8 Å². The van der Waals surface area contributed by atoms with E-state index in [1.807, 2.05) is 42.3 Å². The van der Waals surface area contributed by atoms with E-state index in [0.717, 1.165) is 24.1 Å². The Morgan fingerprint density at radius 1 is 1.19 bits per heavy atom. The quantitative estimate of drug-likeness (QED) is 0.781. The predicted molar refractivity (Wildman–Crippen MR) is 84.3 cm³/mol. The molecule has 0 aliphatic carbocycles. The second-order valence-electron chi connectivity index (χ2n) is 5.19. The number of nitrogens with one attached hydrogen (secondary N) is 1. The summed E-state index contributed by atoms with van der Waals surface area (Å²) in [5, 5.41) is 7.79. The van der Waals surface area contributed by atoms with E-state index in [-0.39, 0.29) is 6.04 Å². The van der Waals surface area contributed by atoms with E-state index in [4.69, 9.17) is 0 Å². The minimum absolute atomic E-state index is 0.213. The van der Waals surface area contributed by atoms with Gasteiger partial charge in [0.15, 0.2) is 0 Å². The van der Waals surface area contributed by atoms with Crippen LogP contribution < -0.4 is 5.32 Å². The third kappa shape index (κ3) is 2.81. The van der Waals surface area contributed by atoms with E-state index >= 15 is 0 Å². The van der Waals surface area contributed by atoms with Crippen LogP contribution in [0.25, 0.3) is 5.52 Å². The maximum atomic E-state index is 4.56. The minimum Gasteiger partial charge on any atom is -0.313 e. The molecule has 0 amide bonds. The largest absolute Gasteiger partial charge is 0.313 e. The van der Waals surface area contributed by atoms with Gasteiger partial charge < -0.3 is 5.32 Å². The molecule has 3 rings (SSSR count). The zero-order valence-corrected chi connectivity index (χ0v) is 12.5. The smallest absolute Gasteiger partial charge is 0.0709 e. The molecular weight excluding hydrogens is 260 g/mol. The number of pyridine rings is 2. The fourth-order valence-electron chi connectivity index (χ4n) is 2.58. The molecule has 0 fully saturated rings. The number of fused-ring (bicyclic) bond motifs is 1. The Labute approximate surface area is 124 Å². The van der Waals surface area contributed by atoms with Crippen LogP contribution in [0, 0.1) is 0 Å². The number of aryl methyl sites for hydroxylation is 1. The van der Waals surface area contributed by atoms with Crippen LogP contribution in [-0.2, 0) is 12.8 Å².